The number of nitrogens with one attached hydrogen (secondary N) is 1. The van der Waals surface area contributed by atoms with Crippen molar-refractivity contribution in [1.82, 2.24) is 10.2 Å². The first-order chi connectivity index (χ1) is 11.0. The molecule has 1 heterocycles. The lowest BCUT2D eigenvalue weighted by atomic mass is 10.1. The summed E-state index contributed by atoms with van der Waals surface area (Å²) in [5, 5.41) is 3.09. The lowest BCUT2D eigenvalue weighted by Gasteiger charge is -2.27. The van der Waals surface area contributed by atoms with Crippen molar-refractivity contribution in [1.29, 1.82) is 0 Å². The van der Waals surface area contributed by atoms with E-state index in [2.05, 4.69) is 10.1 Å². The van der Waals surface area contributed by atoms with Crippen LogP contribution in [-0.4, -0.2) is 57.4 Å². The van der Waals surface area contributed by atoms with Gasteiger partial charge in [0.1, 0.15) is 6.10 Å². The van der Waals surface area contributed by atoms with Crippen LogP contribution in [0, 0.1) is 0 Å². The molecule has 1 aliphatic rings. The van der Waals surface area contributed by atoms with Gasteiger partial charge in [0.05, 0.1) is 13.7 Å². The Hall–Kier alpha value is -1.64. The van der Waals surface area contributed by atoms with Crippen LogP contribution >= 0.6 is 12.4 Å². The van der Waals surface area contributed by atoms with Crippen LogP contribution in [0.4, 0.5) is 8.78 Å². The van der Waals surface area contributed by atoms with E-state index in [0.29, 0.717) is 18.7 Å². The van der Waals surface area contributed by atoms with Crippen LogP contribution in [0.1, 0.15) is 5.56 Å². The average Bonchev–Trinajstić information content (AvgIpc) is 2.54. The van der Waals surface area contributed by atoms with Crippen LogP contribution < -0.4 is 14.8 Å². The zero-order valence-electron chi connectivity index (χ0n) is 13.5. The Balaban J connectivity index is 0.00000288. The molecule has 0 aromatic heterocycles. The molecular weight excluding hydrogens is 346 g/mol. The Morgan fingerprint density at radius 2 is 2.21 bits per heavy atom. The normalized spacial score (nSPS) is 17.1. The molecule has 1 atom stereocenters. The number of benzene rings is 1. The molecule has 1 aromatic carbocycles. The van der Waals surface area contributed by atoms with Gasteiger partial charge in [-0.25, -0.2) is 0 Å². The summed E-state index contributed by atoms with van der Waals surface area (Å²) < 4.78 is 39.7. The van der Waals surface area contributed by atoms with Gasteiger partial charge in [0.25, 0.3) is 5.91 Å². The number of amides is 1. The molecule has 1 aliphatic heterocycles. The predicted molar refractivity (Wildman–Crippen MR) is 86.0 cm³/mol. The summed E-state index contributed by atoms with van der Waals surface area (Å²) in [6, 6.07) is 4.67. The molecule has 1 aromatic rings. The fraction of sp³-hybridized carbons (Fsp3) is 0.533. The Kier molecular flexibility index (Phi) is 8.17. The smallest absolute Gasteiger partial charge is 0.387 e. The van der Waals surface area contributed by atoms with E-state index in [1.807, 2.05) is 0 Å². The Morgan fingerprint density at radius 3 is 2.79 bits per heavy atom. The van der Waals surface area contributed by atoms with Gasteiger partial charge in [-0.1, -0.05) is 6.07 Å². The number of morpholine rings is 1. The van der Waals surface area contributed by atoms with E-state index < -0.39 is 12.7 Å². The van der Waals surface area contributed by atoms with Gasteiger partial charge in [-0.05, 0) is 17.7 Å². The molecule has 0 bridgehead atoms. The molecule has 0 spiro atoms. The van der Waals surface area contributed by atoms with Gasteiger partial charge in [-0.3, -0.25) is 4.79 Å². The van der Waals surface area contributed by atoms with Crippen molar-refractivity contribution in [3.05, 3.63) is 23.8 Å². The van der Waals surface area contributed by atoms with Crippen molar-refractivity contribution in [3.8, 4) is 11.5 Å². The van der Waals surface area contributed by atoms with Crippen molar-refractivity contribution < 1.29 is 27.8 Å². The van der Waals surface area contributed by atoms with Gasteiger partial charge in [0.15, 0.2) is 11.5 Å². The number of hydrogen-bond donors (Lipinski definition) is 1. The molecule has 1 unspecified atom stereocenters. The van der Waals surface area contributed by atoms with Crippen molar-refractivity contribution in [2.24, 2.45) is 0 Å². The number of nitrogens with zero attached hydrogens (tertiary/aromatic N) is 1. The summed E-state index contributed by atoms with van der Waals surface area (Å²) in [5.74, 6) is -0.0105. The third-order valence-corrected chi connectivity index (χ3v) is 3.44. The first-order valence-electron chi connectivity index (χ1n) is 7.20. The molecular formula is C15H21ClF2N2O4. The van der Waals surface area contributed by atoms with Gasteiger partial charge in [0, 0.05) is 26.7 Å². The highest BCUT2D eigenvalue weighted by molar-refractivity contribution is 5.85. The maximum Gasteiger partial charge on any atom is 0.387 e. The van der Waals surface area contributed by atoms with Crippen LogP contribution in [0.3, 0.4) is 0 Å². The molecule has 6 nitrogen and oxygen atoms in total. The second-order valence-corrected chi connectivity index (χ2v) is 5.12. The Morgan fingerprint density at radius 1 is 1.46 bits per heavy atom. The number of hydrogen-bond acceptors (Lipinski definition) is 5. The Labute approximate surface area is 145 Å². The van der Waals surface area contributed by atoms with E-state index >= 15 is 0 Å². The zero-order chi connectivity index (χ0) is 16.8. The van der Waals surface area contributed by atoms with Crippen LogP contribution in [0.25, 0.3) is 0 Å². The maximum atomic E-state index is 12.4. The third-order valence-electron chi connectivity index (χ3n) is 3.44. The molecule has 0 aliphatic carbocycles. The predicted octanol–water partition coefficient (Wildman–Crippen LogP) is 1.67. The van der Waals surface area contributed by atoms with Crippen LogP contribution in [0.5, 0.6) is 11.5 Å². The average molecular weight is 367 g/mol. The summed E-state index contributed by atoms with van der Waals surface area (Å²) in [6.45, 7) is -1.02. The SMILES string of the molecule is COc1ccc(CN(C)C(=O)C2CNCCO2)cc1OC(F)F.Cl. The van der Waals surface area contributed by atoms with E-state index in [1.54, 1.807) is 13.1 Å². The van der Waals surface area contributed by atoms with Crippen molar-refractivity contribution in [3.63, 3.8) is 0 Å². The monoisotopic (exact) mass is 366 g/mol. The summed E-state index contributed by atoms with van der Waals surface area (Å²) in [7, 11) is 3.01. The molecule has 0 saturated carbocycles. The summed E-state index contributed by atoms with van der Waals surface area (Å²) in [6.07, 6.45) is -0.524. The van der Waals surface area contributed by atoms with E-state index in [1.165, 1.54) is 24.1 Å². The van der Waals surface area contributed by atoms with Crippen LogP contribution in [0.15, 0.2) is 18.2 Å². The van der Waals surface area contributed by atoms with Gasteiger partial charge in [-0.15, -0.1) is 12.4 Å². The standard InChI is InChI=1S/C15H20F2N2O4.ClH/c1-19(14(20)13-8-18-5-6-22-13)9-10-3-4-11(21-2)12(7-10)23-15(16)17;/h3-4,7,13,15,18H,5-6,8-9H2,1-2H3;1H. The number of rotatable bonds is 6. The molecule has 1 amide bonds. The molecule has 1 saturated heterocycles. The lowest BCUT2D eigenvalue weighted by Crippen LogP contribution is -2.48. The van der Waals surface area contributed by atoms with Gasteiger partial charge in [0.2, 0.25) is 0 Å². The first-order valence-corrected chi connectivity index (χ1v) is 7.20. The van der Waals surface area contributed by atoms with Crippen molar-refractivity contribution in [2.75, 3.05) is 33.9 Å². The minimum absolute atomic E-state index is 0. The van der Waals surface area contributed by atoms with Crippen molar-refractivity contribution in [2.45, 2.75) is 19.3 Å². The molecule has 0 radical (unpaired) electrons. The highest BCUT2D eigenvalue weighted by Gasteiger charge is 2.25. The number of halogens is 3. The second-order valence-electron chi connectivity index (χ2n) is 5.12. The largest absolute Gasteiger partial charge is 0.493 e. The molecule has 24 heavy (non-hydrogen) atoms. The highest BCUT2D eigenvalue weighted by atomic mass is 35.5. The number of methoxy groups -OCH3 is 1. The van der Waals surface area contributed by atoms with Gasteiger partial charge < -0.3 is 24.4 Å². The highest BCUT2D eigenvalue weighted by Crippen LogP contribution is 2.29. The van der Waals surface area contributed by atoms with E-state index in [-0.39, 0.29) is 36.4 Å². The number of carbonyl (C=O) groups excluding carboxylic acids is 1. The maximum absolute atomic E-state index is 12.4. The zero-order valence-corrected chi connectivity index (χ0v) is 14.3. The Bertz CT molecular complexity index is 542. The molecule has 2 rings (SSSR count). The molecule has 9 heteroatoms. The third kappa shape index (κ3) is 5.47. The number of likely N-dealkylation sites (N-methyl/N-ethyl adjacent to an activating group) is 1. The van der Waals surface area contributed by atoms with E-state index in [9.17, 15) is 13.6 Å². The van der Waals surface area contributed by atoms with Gasteiger partial charge >= 0.3 is 6.61 Å². The quantitative estimate of drug-likeness (QED) is 0.830. The minimum atomic E-state index is -2.94. The van der Waals surface area contributed by atoms with Crippen LogP contribution in [0.2, 0.25) is 0 Å². The molecule has 1 N–H and O–H groups in total. The number of ether oxygens (including phenoxy) is 3. The molecule has 1 fully saturated rings. The van der Waals surface area contributed by atoms with Crippen LogP contribution in [-0.2, 0) is 16.1 Å². The first kappa shape index (κ1) is 20.4. The number of alkyl halides is 2. The summed E-state index contributed by atoms with van der Waals surface area (Å²) in [4.78, 5) is 13.8. The van der Waals surface area contributed by atoms with Gasteiger partial charge in [-0.2, -0.15) is 8.78 Å². The number of carbonyl (C=O) groups is 1. The summed E-state index contributed by atoms with van der Waals surface area (Å²) >= 11 is 0. The lowest BCUT2D eigenvalue weighted by molar-refractivity contribution is -0.144. The van der Waals surface area contributed by atoms with Crippen molar-refractivity contribution >= 4 is 18.3 Å². The van der Waals surface area contributed by atoms with E-state index in [0.717, 1.165) is 6.54 Å². The van der Waals surface area contributed by atoms with E-state index in [4.69, 9.17) is 9.47 Å². The minimum Gasteiger partial charge on any atom is -0.493 e. The summed E-state index contributed by atoms with van der Waals surface area (Å²) in [5.41, 5.74) is 0.654. The second kappa shape index (κ2) is 9.61. The fourth-order valence-electron chi connectivity index (χ4n) is 2.33. The molecule has 136 valence electrons. The fourth-order valence-corrected chi connectivity index (χ4v) is 2.33. The topological polar surface area (TPSA) is 60.0 Å².